The van der Waals surface area contributed by atoms with Gasteiger partial charge in [-0.2, -0.15) is 0 Å². The molecule has 3 aromatic rings. The summed E-state index contributed by atoms with van der Waals surface area (Å²) in [5, 5.41) is 5.14. The molecule has 0 radical (unpaired) electrons. The van der Waals surface area contributed by atoms with E-state index in [1.807, 2.05) is 44.2 Å². The number of hydrogen-bond donors (Lipinski definition) is 3. The summed E-state index contributed by atoms with van der Waals surface area (Å²) >= 11 is 0. The number of nitrogens with one attached hydrogen (secondary N) is 3. The Kier molecular flexibility index (Phi) is 4.85. The molecule has 6 nitrogen and oxygen atoms in total. The van der Waals surface area contributed by atoms with E-state index in [2.05, 4.69) is 17.1 Å². The fourth-order valence-corrected chi connectivity index (χ4v) is 4.29. The number of ketones is 1. The zero-order chi connectivity index (χ0) is 19.0. The molecule has 0 bridgehead atoms. The van der Waals surface area contributed by atoms with Crippen molar-refractivity contribution >= 4 is 16.7 Å². The Labute approximate surface area is 159 Å². The van der Waals surface area contributed by atoms with Crippen LogP contribution in [0.1, 0.15) is 34.4 Å². The second kappa shape index (κ2) is 7.29. The minimum Gasteiger partial charge on any atom is -0.361 e. The second-order valence-electron chi connectivity index (χ2n) is 7.77. The number of aryl methyl sites for hydroxylation is 2. The quantitative estimate of drug-likeness (QED) is 0.569. The molecule has 0 unspecified atom stereocenters. The van der Waals surface area contributed by atoms with E-state index >= 15 is 0 Å². The highest BCUT2D eigenvalue weighted by Gasteiger charge is 2.33. The summed E-state index contributed by atoms with van der Waals surface area (Å²) in [6.07, 6.45) is 0. The number of Topliss-reactive ketones (excluding diaryl/α,β-unsaturated/α-hetero) is 1. The van der Waals surface area contributed by atoms with E-state index < -0.39 is 0 Å². The molecule has 142 valence electrons. The van der Waals surface area contributed by atoms with Crippen molar-refractivity contribution in [2.24, 2.45) is 0 Å². The molecule has 0 saturated carbocycles. The third-order valence-electron chi connectivity index (χ3n) is 5.85. The molecule has 1 atom stereocenters. The fraction of sp³-hybridized carbons (Fsp3) is 0.429. The first kappa shape index (κ1) is 17.9. The minimum absolute atomic E-state index is 0.0289. The number of hydrogen-bond acceptors (Lipinski definition) is 3. The molecular formula is C21H28N4O2+2. The summed E-state index contributed by atoms with van der Waals surface area (Å²) in [7, 11) is 0. The monoisotopic (exact) mass is 368 g/mol. The Morgan fingerprint density at radius 2 is 1.96 bits per heavy atom. The van der Waals surface area contributed by atoms with Crippen molar-refractivity contribution in [3.05, 3.63) is 53.0 Å². The third-order valence-corrected chi connectivity index (χ3v) is 5.85. The van der Waals surface area contributed by atoms with Crippen molar-refractivity contribution < 1.29 is 19.1 Å². The maximum absolute atomic E-state index is 13.2. The Morgan fingerprint density at radius 1 is 1.22 bits per heavy atom. The lowest BCUT2D eigenvalue weighted by Gasteiger charge is -2.32. The van der Waals surface area contributed by atoms with Crippen LogP contribution in [0.3, 0.4) is 0 Å². The van der Waals surface area contributed by atoms with Gasteiger partial charge in [0, 0.05) is 22.7 Å². The number of nitrogens with zero attached hydrogens (tertiary/aromatic N) is 1. The van der Waals surface area contributed by atoms with Gasteiger partial charge in [0.15, 0.2) is 0 Å². The molecule has 0 spiro atoms. The van der Waals surface area contributed by atoms with Crippen molar-refractivity contribution in [1.29, 1.82) is 0 Å². The Hall–Kier alpha value is -2.44. The zero-order valence-electron chi connectivity index (χ0n) is 16.3. The highest BCUT2D eigenvalue weighted by molar-refractivity contribution is 6.10. The standard InChI is InChI=1S/C21H26N4O2/c1-14-12-17(23-27-14)13-24-8-10-25(11-9-24)16(3)21(26)20-15(2)22-19-7-5-4-6-18(19)20/h4-7,12,16,22H,8-11,13H2,1-3H3/p+2/t16-/m1/s1. The van der Waals surface area contributed by atoms with E-state index in [4.69, 9.17) is 4.52 Å². The zero-order valence-corrected chi connectivity index (χ0v) is 16.3. The number of benzene rings is 1. The van der Waals surface area contributed by atoms with Gasteiger partial charge in [-0.25, -0.2) is 0 Å². The number of aromatic nitrogens is 2. The van der Waals surface area contributed by atoms with Crippen LogP contribution in [0.25, 0.3) is 10.9 Å². The first-order valence-electron chi connectivity index (χ1n) is 9.75. The van der Waals surface area contributed by atoms with E-state index in [1.165, 1.54) is 9.80 Å². The fourth-order valence-electron chi connectivity index (χ4n) is 4.29. The summed E-state index contributed by atoms with van der Waals surface area (Å²) < 4.78 is 5.17. The number of carbonyl (C=O) groups excluding carboxylic acids is 1. The molecule has 3 N–H and O–H groups in total. The number of H-pyrrole nitrogens is 1. The minimum atomic E-state index is -0.0289. The highest BCUT2D eigenvalue weighted by Crippen LogP contribution is 2.22. The predicted octanol–water partition coefficient (Wildman–Crippen LogP) is 0.328. The van der Waals surface area contributed by atoms with Crippen molar-refractivity contribution in [2.75, 3.05) is 26.2 Å². The van der Waals surface area contributed by atoms with Crippen LogP contribution in [0, 0.1) is 13.8 Å². The van der Waals surface area contributed by atoms with Crippen LogP contribution in [0.2, 0.25) is 0 Å². The maximum atomic E-state index is 13.2. The van der Waals surface area contributed by atoms with Gasteiger partial charge in [-0.15, -0.1) is 0 Å². The van der Waals surface area contributed by atoms with E-state index in [1.54, 1.807) is 0 Å². The molecule has 1 aliphatic heterocycles. The average Bonchev–Trinajstić information content (AvgIpc) is 3.23. The van der Waals surface area contributed by atoms with Gasteiger partial charge >= 0.3 is 0 Å². The molecule has 0 amide bonds. The van der Waals surface area contributed by atoms with Gasteiger partial charge in [0.2, 0.25) is 5.78 Å². The van der Waals surface area contributed by atoms with Crippen molar-refractivity contribution in [3.8, 4) is 0 Å². The first-order valence-corrected chi connectivity index (χ1v) is 9.75. The van der Waals surface area contributed by atoms with Gasteiger partial charge in [-0.3, -0.25) is 4.79 Å². The topological polar surface area (TPSA) is 67.8 Å². The van der Waals surface area contributed by atoms with Crippen LogP contribution in [-0.4, -0.2) is 48.1 Å². The molecule has 0 aliphatic carbocycles. The van der Waals surface area contributed by atoms with Crippen LogP contribution < -0.4 is 9.80 Å². The van der Waals surface area contributed by atoms with E-state index in [-0.39, 0.29) is 11.8 Å². The van der Waals surface area contributed by atoms with Gasteiger partial charge in [-0.1, -0.05) is 23.4 Å². The SMILES string of the molecule is Cc1cc(C[NH+]2CC[NH+]([C@H](C)C(=O)c3c(C)[nH]c4ccccc34)CC2)no1. The van der Waals surface area contributed by atoms with Gasteiger partial charge in [-0.05, 0) is 26.8 Å². The number of carbonyl (C=O) groups is 1. The largest absolute Gasteiger partial charge is 0.361 e. The number of quaternary nitrogens is 2. The lowest BCUT2D eigenvalue weighted by atomic mass is 10.0. The van der Waals surface area contributed by atoms with Crippen LogP contribution in [-0.2, 0) is 6.54 Å². The van der Waals surface area contributed by atoms with Crippen LogP contribution in [0.5, 0.6) is 0 Å². The van der Waals surface area contributed by atoms with Crippen LogP contribution in [0.15, 0.2) is 34.9 Å². The normalized spacial score (nSPS) is 21.4. The molecule has 3 heterocycles. The molecular weight excluding hydrogens is 340 g/mol. The maximum Gasteiger partial charge on any atom is 0.222 e. The van der Waals surface area contributed by atoms with Crippen molar-refractivity contribution in [2.45, 2.75) is 33.4 Å². The summed E-state index contributed by atoms with van der Waals surface area (Å²) in [4.78, 5) is 19.5. The molecule has 1 aromatic carbocycles. The summed E-state index contributed by atoms with van der Waals surface area (Å²) in [6, 6.07) is 10.1. The van der Waals surface area contributed by atoms with Gasteiger partial charge < -0.3 is 19.3 Å². The Morgan fingerprint density at radius 3 is 2.67 bits per heavy atom. The number of fused-ring (bicyclic) bond motifs is 1. The molecule has 1 fully saturated rings. The highest BCUT2D eigenvalue weighted by atomic mass is 16.5. The van der Waals surface area contributed by atoms with Gasteiger partial charge in [0.05, 0.1) is 5.56 Å². The lowest BCUT2D eigenvalue weighted by molar-refractivity contribution is -1.02. The molecule has 27 heavy (non-hydrogen) atoms. The average molecular weight is 368 g/mol. The molecule has 6 heteroatoms. The van der Waals surface area contributed by atoms with E-state index in [0.29, 0.717) is 0 Å². The summed E-state index contributed by atoms with van der Waals surface area (Å²) in [5.74, 6) is 1.11. The van der Waals surface area contributed by atoms with Crippen LogP contribution >= 0.6 is 0 Å². The Bertz CT molecular complexity index is 950. The van der Waals surface area contributed by atoms with Crippen LogP contribution in [0.4, 0.5) is 0 Å². The summed E-state index contributed by atoms with van der Waals surface area (Å²) in [6.45, 7) is 11.0. The number of rotatable bonds is 5. The summed E-state index contributed by atoms with van der Waals surface area (Å²) in [5.41, 5.74) is 3.89. The lowest BCUT2D eigenvalue weighted by Crippen LogP contribution is -3.29. The smallest absolute Gasteiger partial charge is 0.222 e. The van der Waals surface area contributed by atoms with Crippen molar-refractivity contribution in [1.82, 2.24) is 10.1 Å². The Balaban J connectivity index is 1.42. The van der Waals surface area contributed by atoms with Gasteiger partial charge in [0.1, 0.15) is 50.2 Å². The third kappa shape index (κ3) is 3.55. The second-order valence-corrected chi connectivity index (χ2v) is 7.77. The van der Waals surface area contributed by atoms with E-state index in [9.17, 15) is 4.79 Å². The first-order chi connectivity index (χ1) is 13.0. The molecule has 1 saturated heterocycles. The molecule has 4 rings (SSSR count). The predicted molar refractivity (Wildman–Crippen MR) is 103 cm³/mol. The number of aromatic amines is 1. The number of piperazine rings is 1. The van der Waals surface area contributed by atoms with E-state index in [0.717, 1.165) is 66.3 Å². The molecule has 2 aromatic heterocycles. The van der Waals surface area contributed by atoms with Crippen molar-refractivity contribution in [3.63, 3.8) is 0 Å². The van der Waals surface area contributed by atoms with Gasteiger partial charge in [0.25, 0.3) is 0 Å². The number of para-hydroxylation sites is 1. The molecule has 1 aliphatic rings.